The Morgan fingerprint density at radius 3 is 2.50 bits per heavy atom. The number of amides is 1. The van der Waals surface area contributed by atoms with Crippen LogP contribution in [0.5, 0.6) is 0 Å². The maximum atomic E-state index is 12.0. The highest BCUT2D eigenvalue weighted by atomic mass is 79.9. The summed E-state index contributed by atoms with van der Waals surface area (Å²) in [5, 5.41) is 9.92. The van der Waals surface area contributed by atoms with Gasteiger partial charge in [-0.25, -0.2) is 9.59 Å². The van der Waals surface area contributed by atoms with Crippen LogP contribution in [0.2, 0.25) is 5.02 Å². The minimum atomic E-state index is -1.11. The van der Waals surface area contributed by atoms with Crippen molar-refractivity contribution in [2.24, 2.45) is 0 Å². The Morgan fingerprint density at radius 2 is 2.00 bits per heavy atom. The first kappa shape index (κ1) is 18.8. The third kappa shape index (κ3) is 5.50. The van der Waals surface area contributed by atoms with E-state index >= 15 is 0 Å². The number of nitrogens with zero attached hydrogens (tertiary/aromatic N) is 1. The number of benzene rings is 1. The summed E-state index contributed by atoms with van der Waals surface area (Å²) in [4.78, 5) is 24.6. The largest absolute Gasteiger partial charge is 0.480 e. The Hall–Kier alpha value is -1.27. The molecule has 0 saturated heterocycles. The van der Waals surface area contributed by atoms with Crippen molar-refractivity contribution in [1.29, 1.82) is 0 Å². The average molecular weight is 393 g/mol. The van der Waals surface area contributed by atoms with Gasteiger partial charge in [0, 0.05) is 23.0 Å². The van der Waals surface area contributed by atoms with Crippen LogP contribution in [-0.4, -0.2) is 40.8 Å². The fourth-order valence-corrected chi connectivity index (χ4v) is 2.36. The summed E-state index contributed by atoms with van der Waals surface area (Å²) in [5.74, 6) is -1.11. The molecule has 0 aliphatic heterocycles. The highest BCUT2D eigenvalue weighted by Crippen LogP contribution is 2.24. The first-order chi connectivity index (χ1) is 10.0. The number of carboxylic acid groups (broad SMARTS) is 1. The van der Waals surface area contributed by atoms with E-state index in [1.807, 2.05) is 0 Å². The summed E-state index contributed by atoms with van der Waals surface area (Å²) in [6, 6.07) is 4.06. The lowest BCUT2D eigenvalue weighted by Crippen LogP contribution is -2.46. The van der Waals surface area contributed by atoms with Gasteiger partial charge in [0.25, 0.3) is 0 Å². The third-order valence-electron chi connectivity index (χ3n) is 2.86. The Kier molecular flexibility index (Phi) is 6.26. The molecular formula is C15H19BrClNO4. The molecule has 1 amide bonds. The molecule has 0 fully saturated rings. The summed E-state index contributed by atoms with van der Waals surface area (Å²) in [5.41, 5.74) is 0.0145. The lowest BCUT2D eigenvalue weighted by molar-refractivity contribution is -0.142. The van der Waals surface area contributed by atoms with Gasteiger partial charge in [0.05, 0.1) is 0 Å². The summed E-state index contributed by atoms with van der Waals surface area (Å²) in [7, 11) is 1.41. The molecule has 7 heteroatoms. The molecule has 0 spiro atoms. The van der Waals surface area contributed by atoms with Crippen molar-refractivity contribution >= 4 is 39.6 Å². The van der Waals surface area contributed by atoms with Gasteiger partial charge in [0.15, 0.2) is 0 Å². The van der Waals surface area contributed by atoms with E-state index in [0.29, 0.717) is 10.6 Å². The van der Waals surface area contributed by atoms with Crippen LogP contribution in [0.4, 0.5) is 4.79 Å². The number of likely N-dealkylation sites (N-methyl/N-ethyl adjacent to an activating group) is 1. The number of halogens is 2. The number of carboxylic acids is 1. The highest BCUT2D eigenvalue weighted by Gasteiger charge is 2.30. The van der Waals surface area contributed by atoms with Crippen molar-refractivity contribution in [1.82, 2.24) is 4.90 Å². The smallest absolute Gasteiger partial charge is 0.410 e. The lowest BCUT2D eigenvalue weighted by Gasteiger charge is -2.28. The molecule has 1 N–H and O–H groups in total. The van der Waals surface area contributed by atoms with Crippen molar-refractivity contribution in [2.45, 2.75) is 38.8 Å². The van der Waals surface area contributed by atoms with Crippen molar-refractivity contribution in [3.8, 4) is 0 Å². The average Bonchev–Trinajstić information content (AvgIpc) is 2.36. The van der Waals surface area contributed by atoms with Crippen molar-refractivity contribution in [3.63, 3.8) is 0 Å². The number of ether oxygens (including phenoxy) is 1. The zero-order chi connectivity index (χ0) is 17.1. The second-order valence-corrected chi connectivity index (χ2v) is 7.18. The van der Waals surface area contributed by atoms with Gasteiger partial charge < -0.3 is 9.84 Å². The summed E-state index contributed by atoms with van der Waals surface area (Å²) in [6.07, 6.45) is -0.565. The fourth-order valence-electron chi connectivity index (χ4n) is 1.76. The lowest BCUT2D eigenvalue weighted by atomic mass is 10.1. The van der Waals surface area contributed by atoms with Gasteiger partial charge in [-0.1, -0.05) is 27.5 Å². The van der Waals surface area contributed by atoms with Gasteiger partial charge in [-0.2, -0.15) is 0 Å². The van der Waals surface area contributed by atoms with Crippen LogP contribution in [-0.2, 0) is 16.0 Å². The van der Waals surface area contributed by atoms with E-state index in [2.05, 4.69) is 15.9 Å². The second-order valence-electron chi connectivity index (χ2n) is 5.89. The molecule has 0 aliphatic carbocycles. The molecule has 1 rings (SSSR count). The molecule has 22 heavy (non-hydrogen) atoms. The van der Waals surface area contributed by atoms with E-state index < -0.39 is 23.7 Å². The SMILES string of the molecule is CN(C(=O)OC(C)(C)C)[C@H](Cc1cc(Cl)ccc1Br)C(=O)O. The predicted molar refractivity (Wildman–Crippen MR) is 88.3 cm³/mol. The third-order valence-corrected chi connectivity index (χ3v) is 3.86. The monoisotopic (exact) mass is 391 g/mol. The number of aliphatic carboxylic acids is 1. The molecule has 5 nitrogen and oxygen atoms in total. The molecule has 0 aromatic heterocycles. The van der Waals surface area contributed by atoms with Crippen LogP contribution in [0, 0.1) is 0 Å². The van der Waals surface area contributed by atoms with Gasteiger partial charge in [-0.05, 0) is 44.5 Å². The van der Waals surface area contributed by atoms with Crippen LogP contribution in [0.25, 0.3) is 0 Å². The Labute approximate surface area is 143 Å². The normalized spacial score (nSPS) is 12.6. The molecule has 0 aliphatic rings. The molecule has 0 heterocycles. The topological polar surface area (TPSA) is 66.8 Å². The minimum Gasteiger partial charge on any atom is -0.480 e. The van der Waals surface area contributed by atoms with Crippen molar-refractivity contribution < 1.29 is 19.4 Å². The molecule has 0 unspecified atom stereocenters. The number of hydrogen-bond donors (Lipinski definition) is 1. The molecule has 0 saturated carbocycles. The molecule has 1 atom stereocenters. The minimum absolute atomic E-state index is 0.117. The summed E-state index contributed by atoms with van der Waals surface area (Å²) in [6.45, 7) is 5.17. The quantitative estimate of drug-likeness (QED) is 0.842. The van der Waals surface area contributed by atoms with Gasteiger partial charge in [0.1, 0.15) is 11.6 Å². The zero-order valence-corrected chi connectivity index (χ0v) is 15.2. The van der Waals surface area contributed by atoms with Crippen LogP contribution in [0.1, 0.15) is 26.3 Å². The molecule has 1 aromatic rings. The number of rotatable bonds is 4. The first-order valence-electron chi connectivity index (χ1n) is 6.64. The van der Waals surface area contributed by atoms with E-state index in [1.165, 1.54) is 7.05 Å². The fraction of sp³-hybridized carbons (Fsp3) is 0.467. The van der Waals surface area contributed by atoms with E-state index in [9.17, 15) is 14.7 Å². The van der Waals surface area contributed by atoms with Crippen molar-refractivity contribution in [3.05, 3.63) is 33.3 Å². The standard InChI is InChI=1S/C15H19BrClNO4/c1-15(2,3)22-14(21)18(4)12(13(19)20)8-9-7-10(17)5-6-11(9)16/h5-7,12H,8H2,1-4H3,(H,19,20)/t12-/m1/s1. The van der Waals surface area contributed by atoms with Crippen LogP contribution in [0.3, 0.4) is 0 Å². The Morgan fingerprint density at radius 1 is 1.41 bits per heavy atom. The maximum Gasteiger partial charge on any atom is 0.410 e. The van der Waals surface area contributed by atoms with E-state index in [-0.39, 0.29) is 6.42 Å². The van der Waals surface area contributed by atoms with Gasteiger partial charge in [-0.3, -0.25) is 4.90 Å². The molecule has 0 radical (unpaired) electrons. The number of carbonyl (C=O) groups is 2. The van der Waals surface area contributed by atoms with E-state index in [4.69, 9.17) is 16.3 Å². The molecule has 122 valence electrons. The predicted octanol–water partition coefficient (Wildman–Crippen LogP) is 3.97. The Balaban J connectivity index is 2.96. The zero-order valence-electron chi connectivity index (χ0n) is 12.9. The maximum absolute atomic E-state index is 12.0. The molecule has 0 bridgehead atoms. The summed E-state index contributed by atoms with van der Waals surface area (Å²) >= 11 is 9.29. The molecular weight excluding hydrogens is 374 g/mol. The van der Waals surface area contributed by atoms with E-state index in [0.717, 1.165) is 9.37 Å². The van der Waals surface area contributed by atoms with E-state index in [1.54, 1.807) is 39.0 Å². The van der Waals surface area contributed by atoms with Crippen LogP contribution in [0.15, 0.2) is 22.7 Å². The van der Waals surface area contributed by atoms with Crippen LogP contribution >= 0.6 is 27.5 Å². The Bertz CT molecular complexity index is 571. The van der Waals surface area contributed by atoms with Crippen LogP contribution < -0.4 is 0 Å². The van der Waals surface area contributed by atoms with Gasteiger partial charge in [0.2, 0.25) is 0 Å². The van der Waals surface area contributed by atoms with Gasteiger partial charge >= 0.3 is 12.1 Å². The second kappa shape index (κ2) is 7.33. The van der Waals surface area contributed by atoms with Gasteiger partial charge in [-0.15, -0.1) is 0 Å². The molecule has 1 aromatic carbocycles. The summed E-state index contributed by atoms with van der Waals surface area (Å²) < 4.78 is 5.94. The number of carbonyl (C=O) groups excluding carboxylic acids is 1. The van der Waals surface area contributed by atoms with Crippen molar-refractivity contribution in [2.75, 3.05) is 7.05 Å². The number of hydrogen-bond acceptors (Lipinski definition) is 3. The highest BCUT2D eigenvalue weighted by molar-refractivity contribution is 9.10. The first-order valence-corrected chi connectivity index (χ1v) is 7.81.